The summed E-state index contributed by atoms with van der Waals surface area (Å²) in [5, 5.41) is 12.3. The van der Waals surface area contributed by atoms with E-state index in [0.29, 0.717) is 48.3 Å². The molecule has 0 bridgehead atoms. The highest BCUT2D eigenvalue weighted by atomic mass is 32.2. The molecule has 2 rings (SSSR count). The summed E-state index contributed by atoms with van der Waals surface area (Å²) in [5.41, 5.74) is 5.73. The number of hydrogen-bond donors (Lipinski definition) is 3. The van der Waals surface area contributed by atoms with Crippen LogP contribution in [0.15, 0.2) is 4.99 Å². The Hall–Kier alpha value is -1.24. The number of ketones is 1. The lowest BCUT2D eigenvalue weighted by Gasteiger charge is -2.14. The Kier molecular flexibility index (Phi) is 7.88. The molecule has 1 saturated heterocycles. The number of nitrogens with zero attached hydrogens (tertiary/aromatic N) is 1. The lowest BCUT2D eigenvalue weighted by Crippen LogP contribution is -2.38. The molecule has 1 unspecified atom stereocenters. The molecule has 2 aliphatic heterocycles. The molecule has 0 saturated carbocycles. The van der Waals surface area contributed by atoms with Crippen LogP contribution in [0.1, 0.15) is 64.2 Å². The summed E-state index contributed by atoms with van der Waals surface area (Å²) in [6.07, 6.45) is 8.14. The zero-order valence-corrected chi connectivity index (χ0v) is 15.0. The second-order valence-corrected chi connectivity index (χ2v) is 7.99. The molecular formula is C17H29N3O3S. The highest BCUT2D eigenvalue weighted by molar-refractivity contribution is 8.00. The third kappa shape index (κ3) is 6.34. The van der Waals surface area contributed by atoms with Crippen LogP contribution in [0.5, 0.6) is 0 Å². The van der Waals surface area contributed by atoms with E-state index < -0.39 is 5.97 Å². The van der Waals surface area contributed by atoms with Crippen LogP contribution in [0, 0.1) is 0 Å². The molecule has 6 nitrogen and oxygen atoms in total. The van der Waals surface area contributed by atoms with Crippen LogP contribution >= 0.6 is 11.8 Å². The van der Waals surface area contributed by atoms with Crippen LogP contribution < -0.4 is 11.1 Å². The maximum absolute atomic E-state index is 11.9. The molecular weight excluding hydrogens is 326 g/mol. The van der Waals surface area contributed by atoms with Gasteiger partial charge in [-0.15, -0.1) is 0 Å². The number of nitrogens with two attached hydrogens (primary N) is 1. The molecule has 0 aromatic rings. The number of Topliss-reactive ketones (excluding diaryl/α,β-unsaturated/α-hetero) is 1. The fourth-order valence-electron chi connectivity index (χ4n) is 3.37. The number of aliphatic carboxylic acids is 1. The second-order valence-electron chi connectivity index (χ2n) is 6.72. The van der Waals surface area contributed by atoms with Gasteiger partial charge in [0.25, 0.3) is 0 Å². The largest absolute Gasteiger partial charge is 0.481 e. The lowest BCUT2D eigenvalue weighted by atomic mass is 10.0. The number of carbonyl (C=O) groups excluding carboxylic acids is 1. The smallest absolute Gasteiger partial charge is 0.303 e. The molecule has 0 aromatic heterocycles. The van der Waals surface area contributed by atoms with Gasteiger partial charge in [0.2, 0.25) is 0 Å². The first-order valence-corrected chi connectivity index (χ1v) is 10.1. The number of carboxylic acid groups (broad SMARTS) is 1. The quantitative estimate of drug-likeness (QED) is 0.464. The van der Waals surface area contributed by atoms with Crippen molar-refractivity contribution in [3.8, 4) is 0 Å². The monoisotopic (exact) mass is 355 g/mol. The van der Waals surface area contributed by atoms with Crippen molar-refractivity contribution in [3.63, 3.8) is 0 Å². The predicted molar refractivity (Wildman–Crippen MR) is 97.4 cm³/mol. The molecule has 3 atom stereocenters. The van der Waals surface area contributed by atoms with Gasteiger partial charge in [0.15, 0.2) is 5.96 Å². The van der Waals surface area contributed by atoms with Crippen molar-refractivity contribution >= 4 is 29.5 Å². The van der Waals surface area contributed by atoms with Gasteiger partial charge in [0.1, 0.15) is 5.78 Å². The van der Waals surface area contributed by atoms with Crippen molar-refractivity contribution < 1.29 is 14.7 Å². The molecule has 7 heteroatoms. The van der Waals surface area contributed by atoms with Gasteiger partial charge in [0.05, 0.1) is 12.1 Å². The Bertz CT molecular complexity index is 470. The Labute approximate surface area is 148 Å². The second kappa shape index (κ2) is 9.91. The van der Waals surface area contributed by atoms with Crippen LogP contribution in [-0.2, 0) is 9.59 Å². The molecule has 2 heterocycles. The SMILES string of the molecule is NC1=N[C@H]2C(CS[C@H]2CCCCC(=O)CCCCCCC(=O)O)N1. The molecule has 2 aliphatic rings. The van der Waals surface area contributed by atoms with Gasteiger partial charge in [-0.3, -0.25) is 9.59 Å². The number of rotatable bonds is 12. The number of unbranched alkanes of at least 4 members (excludes halogenated alkanes) is 4. The van der Waals surface area contributed by atoms with E-state index in [0.717, 1.165) is 44.3 Å². The van der Waals surface area contributed by atoms with E-state index in [4.69, 9.17) is 10.8 Å². The zero-order valence-electron chi connectivity index (χ0n) is 14.2. The zero-order chi connectivity index (χ0) is 17.4. The maximum atomic E-state index is 11.9. The highest BCUT2D eigenvalue weighted by Crippen LogP contribution is 2.35. The summed E-state index contributed by atoms with van der Waals surface area (Å²) in [6, 6.07) is 0.722. The van der Waals surface area contributed by atoms with Gasteiger partial charge in [0, 0.05) is 30.3 Å². The molecule has 1 fully saturated rings. The molecule has 0 aliphatic carbocycles. The number of guanidine groups is 1. The van der Waals surface area contributed by atoms with Gasteiger partial charge >= 0.3 is 5.97 Å². The molecule has 0 radical (unpaired) electrons. The lowest BCUT2D eigenvalue weighted by molar-refractivity contribution is -0.137. The van der Waals surface area contributed by atoms with Gasteiger partial charge in [-0.1, -0.05) is 19.3 Å². The van der Waals surface area contributed by atoms with Crippen LogP contribution in [0.3, 0.4) is 0 Å². The van der Waals surface area contributed by atoms with Gasteiger partial charge in [-0.25, -0.2) is 4.99 Å². The average molecular weight is 356 g/mol. The van der Waals surface area contributed by atoms with Crippen LogP contribution in [0.2, 0.25) is 0 Å². The van der Waals surface area contributed by atoms with E-state index in [9.17, 15) is 9.59 Å². The fraction of sp³-hybridized carbons (Fsp3) is 0.824. The normalized spacial score (nSPS) is 25.2. The predicted octanol–water partition coefficient (Wildman–Crippen LogP) is 2.31. The van der Waals surface area contributed by atoms with Crippen LogP contribution in [-0.4, -0.2) is 45.9 Å². The van der Waals surface area contributed by atoms with Crippen molar-refractivity contribution in [1.29, 1.82) is 0 Å². The number of thioether (sulfide) groups is 1. The van der Waals surface area contributed by atoms with E-state index >= 15 is 0 Å². The standard InChI is InChI=1S/C17H29N3O3S/c18-17-19-13-11-24-14(16(13)20-17)9-6-5-8-12(21)7-3-1-2-4-10-15(22)23/h13-14,16H,1-11H2,(H,22,23)(H3,18,19,20)/t13?,14-,16-/m0/s1. The van der Waals surface area contributed by atoms with Crippen molar-refractivity contribution in [2.75, 3.05) is 5.75 Å². The summed E-state index contributed by atoms with van der Waals surface area (Å²) in [4.78, 5) is 26.7. The number of fused-ring (bicyclic) bond motifs is 1. The fourth-order valence-corrected chi connectivity index (χ4v) is 4.89. The average Bonchev–Trinajstić information content (AvgIpc) is 3.06. The van der Waals surface area contributed by atoms with Gasteiger partial charge in [-0.2, -0.15) is 11.8 Å². The van der Waals surface area contributed by atoms with Crippen molar-refractivity contribution in [2.45, 2.75) is 81.5 Å². The topological polar surface area (TPSA) is 105 Å². The highest BCUT2D eigenvalue weighted by Gasteiger charge is 2.39. The Morgan fingerprint density at radius 2 is 1.79 bits per heavy atom. The molecule has 136 valence electrons. The number of aliphatic imine (C=N–C) groups is 1. The van der Waals surface area contributed by atoms with E-state index in [1.807, 2.05) is 11.8 Å². The minimum Gasteiger partial charge on any atom is -0.481 e. The number of nitrogens with one attached hydrogen (secondary N) is 1. The van der Waals surface area contributed by atoms with Gasteiger partial charge < -0.3 is 16.2 Å². The van der Waals surface area contributed by atoms with E-state index in [-0.39, 0.29) is 6.42 Å². The Balaban J connectivity index is 1.46. The minimum absolute atomic E-state index is 0.236. The van der Waals surface area contributed by atoms with E-state index in [2.05, 4.69) is 10.3 Å². The molecule has 0 spiro atoms. The molecule has 0 aromatic carbocycles. The summed E-state index contributed by atoms with van der Waals surface area (Å²) in [5.74, 6) is 1.25. The first-order chi connectivity index (χ1) is 11.6. The van der Waals surface area contributed by atoms with Crippen molar-refractivity contribution in [1.82, 2.24) is 5.32 Å². The van der Waals surface area contributed by atoms with Crippen LogP contribution in [0.25, 0.3) is 0 Å². The van der Waals surface area contributed by atoms with E-state index in [1.54, 1.807) is 0 Å². The number of carboxylic acids is 1. The summed E-state index contributed by atoms with van der Waals surface area (Å²) >= 11 is 1.97. The molecule has 4 N–H and O–H groups in total. The first-order valence-electron chi connectivity index (χ1n) is 9.01. The van der Waals surface area contributed by atoms with Crippen molar-refractivity contribution in [2.24, 2.45) is 10.7 Å². The summed E-state index contributed by atoms with van der Waals surface area (Å²) in [7, 11) is 0. The van der Waals surface area contributed by atoms with Crippen molar-refractivity contribution in [3.05, 3.63) is 0 Å². The Morgan fingerprint density at radius 3 is 2.50 bits per heavy atom. The number of carbonyl (C=O) groups is 2. The first kappa shape index (κ1) is 19.1. The molecule has 24 heavy (non-hydrogen) atoms. The third-order valence-electron chi connectivity index (χ3n) is 4.69. The summed E-state index contributed by atoms with van der Waals surface area (Å²) in [6.45, 7) is 0. The van der Waals surface area contributed by atoms with E-state index in [1.165, 1.54) is 0 Å². The molecule has 0 amide bonds. The summed E-state index contributed by atoms with van der Waals surface area (Å²) < 4.78 is 0. The minimum atomic E-state index is -0.736. The van der Waals surface area contributed by atoms with Crippen LogP contribution in [0.4, 0.5) is 0 Å². The maximum Gasteiger partial charge on any atom is 0.303 e. The third-order valence-corrected chi connectivity index (χ3v) is 6.19. The Morgan fingerprint density at radius 1 is 1.12 bits per heavy atom. The number of hydrogen-bond acceptors (Lipinski definition) is 6. The van der Waals surface area contributed by atoms with Gasteiger partial charge in [-0.05, 0) is 25.7 Å².